The van der Waals surface area contributed by atoms with Crippen molar-refractivity contribution in [3.8, 4) is 0 Å². The fraction of sp³-hybridized carbons (Fsp3) is 1.00. The summed E-state index contributed by atoms with van der Waals surface area (Å²) >= 11 is 0. The summed E-state index contributed by atoms with van der Waals surface area (Å²) in [5.41, 5.74) is 43.3. The van der Waals surface area contributed by atoms with E-state index in [0.29, 0.717) is 0 Å². The van der Waals surface area contributed by atoms with Crippen LogP contribution in [0.4, 0.5) is 0 Å². The van der Waals surface area contributed by atoms with Gasteiger partial charge in [-0.25, -0.2) is 0 Å². The van der Waals surface area contributed by atoms with Crippen LogP contribution in [0.25, 0.3) is 0 Å². The molecule has 0 saturated heterocycles. The van der Waals surface area contributed by atoms with Crippen molar-refractivity contribution in [3.63, 3.8) is 0 Å². The molecule has 0 aliphatic rings. The second-order valence-corrected chi connectivity index (χ2v) is 7.87. The van der Waals surface area contributed by atoms with Crippen molar-refractivity contribution in [2.75, 3.05) is 40.8 Å². The first-order chi connectivity index (χ1) is 15.3. The van der Waals surface area contributed by atoms with Crippen LogP contribution in [-0.2, 0) is 0 Å². The lowest BCUT2D eigenvalue weighted by Gasteiger charge is -2.09. The average Bonchev–Trinajstić information content (AvgIpc) is 2.83. The second-order valence-electron chi connectivity index (χ2n) is 7.87. The van der Waals surface area contributed by atoms with E-state index in [1.807, 2.05) is 57.9 Å². The number of rotatable bonds is 9. The minimum Gasteiger partial charge on any atom is -1.00 e. The normalized spacial score (nSPS) is 12.5. The SMILES string of the molecule is CCC[NH3+].CCC[NH3+].CCC[NH3+].C[NH2+]C(N)C(C)N.C[NH2+]C(N)C(C)N.C[NH2+]C(N)C(C)N.[Cl-].[Cl-].[Cl-].[Cl-].[Cl-].[Cl-]. The van der Waals surface area contributed by atoms with Gasteiger partial charge in [-0.05, 0) is 40.0 Å². The Balaban J connectivity index is -0.0000000221. The lowest BCUT2D eigenvalue weighted by Crippen LogP contribution is -3.00. The van der Waals surface area contributed by atoms with E-state index in [0.717, 1.165) is 19.6 Å². The number of halogens is 6. The predicted octanol–water partition coefficient (Wildman–Crippen LogP) is -25.6. The molecule has 0 amide bonds. The summed E-state index contributed by atoms with van der Waals surface area (Å²) in [6, 6.07) is 0.264. The first-order valence-corrected chi connectivity index (χ1v) is 12.6. The third-order valence-electron chi connectivity index (χ3n) is 4.04. The summed E-state index contributed by atoms with van der Waals surface area (Å²) in [6.45, 7) is 15.2. The van der Waals surface area contributed by atoms with Gasteiger partial charge in [-0.1, -0.05) is 20.8 Å². The molecule has 0 radical (unpaired) electrons. The molecule has 0 rings (SSSR count). The van der Waals surface area contributed by atoms with Crippen LogP contribution in [0.15, 0.2) is 0 Å². The van der Waals surface area contributed by atoms with Gasteiger partial charge in [0.05, 0.1) is 58.9 Å². The van der Waals surface area contributed by atoms with Crippen molar-refractivity contribution in [1.29, 1.82) is 0 Å². The quantitative estimate of drug-likeness (QED) is 0.103. The fourth-order valence-corrected chi connectivity index (χ4v) is 0.911. The maximum Gasteiger partial charge on any atom is 0.152 e. The van der Waals surface area contributed by atoms with Gasteiger partial charge in [-0.3, -0.25) is 17.2 Å². The van der Waals surface area contributed by atoms with Gasteiger partial charge >= 0.3 is 0 Å². The topological polar surface area (TPSA) is 289 Å². The van der Waals surface area contributed by atoms with E-state index in [9.17, 15) is 0 Å². The molecule has 39 heavy (non-hydrogen) atoms. The van der Waals surface area contributed by atoms with Gasteiger partial charge in [-0.15, -0.1) is 0 Å². The van der Waals surface area contributed by atoms with Gasteiger partial charge in [0.25, 0.3) is 0 Å². The number of nitrogens with two attached hydrogens (primary N) is 9. The Morgan fingerprint density at radius 3 is 0.538 bits per heavy atom. The Morgan fingerprint density at radius 1 is 0.436 bits per heavy atom. The lowest BCUT2D eigenvalue weighted by atomic mass is 10.3. The summed E-state index contributed by atoms with van der Waals surface area (Å²) in [5.74, 6) is 0. The van der Waals surface area contributed by atoms with Crippen molar-refractivity contribution < 1.29 is 108 Å². The number of likely N-dealkylation sites (N-methyl/N-ethyl adjacent to an activating group) is 3. The molecule has 0 saturated carbocycles. The highest BCUT2D eigenvalue weighted by atomic mass is 35.5. The molecular weight excluding hydrogens is 633 g/mol. The Labute approximate surface area is 279 Å². The zero-order valence-corrected chi connectivity index (χ0v) is 30.8. The molecule has 6 atom stereocenters. The van der Waals surface area contributed by atoms with Crippen LogP contribution in [-0.4, -0.2) is 77.4 Å². The summed E-state index contributed by atoms with van der Waals surface area (Å²) in [6.07, 6.45) is 3.79. The van der Waals surface area contributed by atoms with Crippen LogP contribution in [0.2, 0.25) is 0 Å². The zero-order chi connectivity index (χ0) is 27.8. The molecule has 0 aromatic carbocycles. The van der Waals surface area contributed by atoms with Gasteiger partial charge in [0.2, 0.25) is 0 Å². The molecule has 0 fully saturated rings. The van der Waals surface area contributed by atoms with Crippen molar-refractivity contribution in [2.24, 2.45) is 34.4 Å². The van der Waals surface area contributed by atoms with E-state index >= 15 is 0 Å². The first kappa shape index (κ1) is 77.7. The monoisotopic (exact) mass is 702 g/mol. The van der Waals surface area contributed by atoms with E-state index in [1.54, 1.807) is 0 Å². The van der Waals surface area contributed by atoms with Crippen molar-refractivity contribution >= 4 is 0 Å². The van der Waals surface area contributed by atoms with Gasteiger partial charge < -0.3 is 125 Å². The minimum atomic E-state index is 0. The standard InChI is InChI=1S/3C4H13N3.3C3H9N.6ClH/c3*1-3(5)4(6)7-2;3*1-2-3-4;;;;;;/h3*3-4,7H,5-6H2,1-2H3;3*2-4H2,1H3;6*1H. The molecule has 0 heterocycles. The highest BCUT2D eigenvalue weighted by molar-refractivity contribution is 4.56. The fourth-order valence-electron chi connectivity index (χ4n) is 0.911. The van der Waals surface area contributed by atoms with Crippen LogP contribution < -0.4 is 142 Å². The Morgan fingerprint density at radius 2 is 0.538 bits per heavy atom. The van der Waals surface area contributed by atoms with Gasteiger partial charge in [0.15, 0.2) is 18.5 Å². The maximum absolute atomic E-state index is 5.44. The summed E-state index contributed by atoms with van der Waals surface area (Å²) in [5, 5.41) is 5.68. The number of hydrogen-bond donors (Lipinski definition) is 12. The average molecular weight is 706 g/mol. The molecule has 12 nitrogen and oxygen atoms in total. The first-order valence-electron chi connectivity index (χ1n) is 12.6. The molecule has 0 aromatic rings. The Bertz CT molecular complexity index is 257. The Hall–Kier alpha value is 1.26. The predicted molar refractivity (Wildman–Crippen MR) is 143 cm³/mol. The van der Waals surface area contributed by atoms with E-state index in [2.05, 4.69) is 38.0 Å². The molecule has 0 spiro atoms. The largest absolute Gasteiger partial charge is 1.00 e. The van der Waals surface area contributed by atoms with Crippen molar-refractivity contribution in [1.82, 2.24) is 0 Å². The summed E-state index contributed by atoms with van der Waals surface area (Å²) < 4.78 is 0. The molecule has 27 N–H and O–H groups in total. The van der Waals surface area contributed by atoms with Crippen molar-refractivity contribution in [2.45, 2.75) is 97.4 Å². The minimum absolute atomic E-state index is 0. The molecule has 0 aliphatic heterocycles. The van der Waals surface area contributed by atoms with Crippen LogP contribution in [0.1, 0.15) is 60.8 Å². The number of quaternary nitrogens is 6. The maximum atomic E-state index is 5.44. The molecule has 18 heteroatoms. The van der Waals surface area contributed by atoms with Gasteiger partial charge in [0.1, 0.15) is 0 Å². The molecule has 0 bridgehead atoms. The van der Waals surface area contributed by atoms with Crippen LogP contribution in [0, 0.1) is 0 Å². The molecule has 0 aliphatic carbocycles. The van der Waals surface area contributed by atoms with E-state index in [1.165, 1.54) is 19.3 Å². The summed E-state index contributed by atoms with van der Waals surface area (Å²) in [4.78, 5) is 0. The third kappa shape index (κ3) is 110. The lowest BCUT2D eigenvalue weighted by molar-refractivity contribution is -0.664. The highest BCUT2D eigenvalue weighted by Gasteiger charge is 2.06. The molecule has 6 unspecified atom stereocenters. The van der Waals surface area contributed by atoms with Gasteiger partial charge in [-0.2, -0.15) is 0 Å². The number of hydrogen-bond acceptors (Lipinski definition) is 6. The van der Waals surface area contributed by atoms with E-state index in [4.69, 9.17) is 34.4 Å². The third-order valence-corrected chi connectivity index (χ3v) is 4.04. The van der Waals surface area contributed by atoms with Crippen LogP contribution in [0.5, 0.6) is 0 Å². The van der Waals surface area contributed by atoms with Crippen molar-refractivity contribution in [3.05, 3.63) is 0 Å². The van der Waals surface area contributed by atoms with E-state index in [-0.39, 0.29) is 111 Å². The molecule has 258 valence electrons. The van der Waals surface area contributed by atoms with Gasteiger partial charge in [0, 0.05) is 0 Å². The Kier molecular flexibility index (Phi) is 143. The van der Waals surface area contributed by atoms with Crippen LogP contribution >= 0.6 is 0 Å². The second kappa shape index (κ2) is 72.0. The van der Waals surface area contributed by atoms with E-state index < -0.39 is 0 Å². The van der Waals surface area contributed by atoms with Crippen LogP contribution in [0.3, 0.4) is 0 Å². The summed E-state index contributed by atoms with van der Waals surface area (Å²) in [7, 11) is 5.73. The zero-order valence-electron chi connectivity index (χ0n) is 26.3. The molecular formula is C21H72Cl6N12. The highest BCUT2D eigenvalue weighted by Crippen LogP contribution is 1.68. The smallest absolute Gasteiger partial charge is 0.152 e. The molecule has 0 aromatic heterocycles.